The molecule has 4 rings (SSSR count). The summed E-state index contributed by atoms with van der Waals surface area (Å²) in [6.45, 7) is 18.3. The van der Waals surface area contributed by atoms with Crippen molar-refractivity contribution in [2.45, 2.75) is 68.6 Å². The molecule has 2 N–H and O–H groups in total. The van der Waals surface area contributed by atoms with Gasteiger partial charge in [0.1, 0.15) is 13.2 Å². The number of nitrogens with zero attached hydrogens (tertiary/aromatic N) is 2. The van der Waals surface area contributed by atoms with Crippen LogP contribution >= 0.6 is 0 Å². The van der Waals surface area contributed by atoms with E-state index >= 15 is 0 Å². The van der Waals surface area contributed by atoms with Crippen LogP contribution in [0.15, 0.2) is 77.8 Å². The van der Waals surface area contributed by atoms with Crippen molar-refractivity contribution in [2.24, 2.45) is 4.99 Å². The summed E-state index contributed by atoms with van der Waals surface area (Å²) in [7, 11) is 0. The Bertz CT molecular complexity index is 1650. The molecule has 0 saturated carbocycles. The summed E-state index contributed by atoms with van der Waals surface area (Å²) < 4.78 is 10.8. The number of carbonyl (C=O) groups excluding carboxylic acids is 2. The third-order valence-electron chi connectivity index (χ3n) is 7.75. The van der Waals surface area contributed by atoms with Crippen LogP contribution in [0.4, 0.5) is 11.4 Å². The van der Waals surface area contributed by atoms with Crippen LogP contribution in [-0.4, -0.2) is 36.3 Å². The summed E-state index contributed by atoms with van der Waals surface area (Å²) in [5, 5.41) is 0. The molecule has 4 aromatic rings. The zero-order valence-corrected chi connectivity index (χ0v) is 28.4. The van der Waals surface area contributed by atoms with Crippen LogP contribution in [-0.2, 0) is 22.7 Å². The van der Waals surface area contributed by atoms with E-state index in [9.17, 15) is 9.59 Å². The van der Waals surface area contributed by atoms with Gasteiger partial charge in [0.25, 0.3) is 0 Å². The summed E-state index contributed by atoms with van der Waals surface area (Å²) >= 11 is 0. The summed E-state index contributed by atoms with van der Waals surface area (Å²) in [6.07, 6.45) is 1.86. The number of anilines is 1. The van der Waals surface area contributed by atoms with Gasteiger partial charge in [-0.2, -0.15) is 0 Å². The second-order valence-electron chi connectivity index (χ2n) is 11.6. The van der Waals surface area contributed by atoms with Gasteiger partial charge in [-0.15, -0.1) is 0 Å². The topological polar surface area (TPSA) is 94.2 Å². The Morgan fingerprint density at radius 1 is 0.652 bits per heavy atom. The Hall–Kier alpha value is -4.91. The fourth-order valence-electron chi connectivity index (χ4n) is 4.57. The maximum atomic E-state index is 12.5. The number of hydrogen-bond donors (Lipinski definition) is 1. The molecule has 4 aromatic carbocycles. The number of ether oxygens (including phenoxy) is 2. The molecule has 0 fully saturated rings. The van der Waals surface area contributed by atoms with E-state index in [1.54, 1.807) is 12.1 Å². The summed E-state index contributed by atoms with van der Waals surface area (Å²) in [6, 6.07) is 23.3. The van der Waals surface area contributed by atoms with Crippen molar-refractivity contribution in [3.63, 3.8) is 0 Å². The van der Waals surface area contributed by atoms with Gasteiger partial charge in [-0.3, -0.25) is 0 Å². The zero-order chi connectivity index (χ0) is 33.8. The summed E-state index contributed by atoms with van der Waals surface area (Å²) in [4.78, 5) is 31.2. The molecule has 7 heteroatoms. The molecular weight excluding hydrogens is 574 g/mol. The molecule has 0 atom stereocenters. The average Bonchev–Trinajstić information content (AvgIpc) is 3.04. The lowest BCUT2D eigenvalue weighted by molar-refractivity contribution is 0.0463. The van der Waals surface area contributed by atoms with E-state index in [1.165, 1.54) is 11.1 Å². The molecule has 7 nitrogen and oxygen atoms in total. The van der Waals surface area contributed by atoms with E-state index in [-0.39, 0.29) is 25.2 Å². The third-order valence-corrected chi connectivity index (χ3v) is 7.75. The smallest absolute Gasteiger partial charge is 0.338 e. The average molecular weight is 622 g/mol. The minimum absolute atomic E-state index is 0.277. The molecule has 0 radical (unpaired) electrons. The largest absolute Gasteiger partial charge is 0.457 e. The van der Waals surface area contributed by atoms with Crippen LogP contribution < -0.4 is 5.73 Å². The standard InChI is InChI=1S/C22H28N2O2.C17H19NO2/c1-6-24(7-2)15-23-21-13-17(4)20(12-18(21)5)22(25)26-14-19-10-8-16(3)9-11-19;1-11-4-6-14(7-5-11)10-20-17(19)15-8-13(3)16(18)9-12(15)2/h8-13,15H,6-7,14H2,1-5H3;4-9H,10,18H2,1-3H3. The van der Waals surface area contributed by atoms with E-state index in [0.29, 0.717) is 16.8 Å². The number of esters is 2. The summed E-state index contributed by atoms with van der Waals surface area (Å²) in [5.74, 6) is -0.614. The quantitative estimate of drug-likeness (QED) is 0.0826. The van der Waals surface area contributed by atoms with Crippen LogP contribution in [0.2, 0.25) is 0 Å². The van der Waals surface area contributed by atoms with Crippen molar-refractivity contribution >= 4 is 29.7 Å². The van der Waals surface area contributed by atoms with Gasteiger partial charge in [-0.1, -0.05) is 59.7 Å². The molecule has 46 heavy (non-hydrogen) atoms. The van der Waals surface area contributed by atoms with Gasteiger partial charge in [-0.25, -0.2) is 14.6 Å². The molecule has 0 saturated heterocycles. The lowest BCUT2D eigenvalue weighted by Gasteiger charge is -2.14. The minimum Gasteiger partial charge on any atom is -0.457 e. The molecule has 0 spiro atoms. The van der Waals surface area contributed by atoms with Gasteiger partial charge in [0.05, 0.1) is 23.2 Å². The molecule has 0 unspecified atom stereocenters. The van der Waals surface area contributed by atoms with Gasteiger partial charge in [-0.05, 0) is 113 Å². The number of nitrogens with two attached hydrogens (primary N) is 1. The van der Waals surface area contributed by atoms with Crippen LogP contribution in [0.5, 0.6) is 0 Å². The van der Waals surface area contributed by atoms with E-state index in [0.717, 1.165) is 52.2 Å². The number of nitrogen functional groups attached to an aromatic ring is 1. The van der Waals surface area contributed by atoms with Gasteiger partial charge in [0.2, 0.25) is 0 Å². The molecule has 0 aliphatic rings. The normalized spacial score (nSPS) is 10.7. The lowest BCUT2D eigenvalue weighted by atomic mass is 10.0. The SMILES string of the molecule is CCN(C=Nc1cc(C)c(C(=O)OCc2ccc(C)cc2)cc1C)CC.Cc1ccc(COC(=O)c2cc(C)c(N)cc2C)cc1. The Balaban J connectivity index is 0.000000259. The Labute approximate surface area is 274 Å². The van der Waals surface area contributed by atoms with E-state index < -0.39 is 0 Å². The second-order valence-corrected chi connectivity index (χ2v) is 11.6. The third kappa shape index (κ3) is 10.3. The monoisotopic (exact) mass is 621 g/mol. The molecule has 0 bridgehead atoms. The highest BCUT2D eigenvalue weighted by Gasteiger charge is 2.14. The fraction of sp³-hybridized carbons (Fsp3) is 0.308. The molecule has 242 valence electrons. The highest BCUT2D eigenvalue weighted by Crippen LogP contribution is 2.24. The molecule has 0 aliphatic carbocycles. The number of benzene rings is 4. The number of carbonyl (C=O) groups is 2. The molecule has 0 aliphatic heterocycles. The van der Waals surface area contributed by atoms with Crippen LogP contribution in [0.3, 0.4) is 0 Å². The van der Waals surface area contributed by atoms with Gasteiger partial charge >= 0.3 is 11.9 Å². The fourth-order valence-corrected chi connectivity index (χ4v) is 4.57. The van der Waals surface area contributed by atoms with Crippen LogP contribution in [0.25, 0.3) is 0 Å². The zero-order valence-electron chi connectivity index (χ0n) is 28.4. The van der Waals surface area contributed by atoms with Crippen molar-refractivity contribution in [1.82, 2.24) is 4.90 Å². The first kappa shape index (κ1) is 35.6. The predicted octanol–water partition coefficient (Wildman–Crippen LogP) is 8.52. The first-order valence-electron chi connectivity index (χ1n) is 15.6. The lowest BCUT2D eigenvalue weighted by Crippen LogP contribution is -2.20. The van der Waals surface area contributed by atoms with Crippen LogP contribution in [0, 0.1) is 41.5 Å². The maximum Gasteiger partial charge on any atom is 0.338 e. The molecular formula is C39H47N3O4. The number of hydrogen-bond acceptors (Lipinski definition) is 6. The van der Waals surface area contributed by atoms with E-state index in [2.05, 4.69) is 23.7 Å². The summed E-state index contributed by atoms with van der Waals surface area (Å²) in [5.41, 5.74) is 16.4. The first-order valence-corrected chi connectivity index (χ1v) is 15.6. The second kappa shape index (κ2) is 17.0. The minimum atomic E-state index is -0.314. The van der Waals surface area contributed by atoms with Gasteiger partial charge < -0.3 is 20.1 Å². The van der Waals surface area contributed by atoms with Crippen molar-refractivity contribution < 1.29 is 19.1 Å². The van der Waals surface area contributed by atoms with E-state index in [4.69, 9.17) is 15.2 Å². The van der Waals surface area contributed by atoms with Gasteiger partial charge in [0, 0.05) is 18.8 Å². The highest BCUT2D eigenvalue weighted by molar-refractivity contribution is 5.92. The van der Waals surface area contributed by atoms with Crippen molar-refractivity contribution in [1.29, 1.82) is 0 Å². The van der Waals surface area contributed by atoms with Crippen molar-refractivity contribution in [3.8, 4) is 0 Å². The number of rotatable bonds is 10. The molecule has 0 heterocycles. The van der Waals surface area contributed by atoms with Crippen LogP contribution in [0.1, 0.15) is 79.1 Å². The Kier molecular flexibility index (Phi) is 13.1. The van der Waals surface area contributed by atoms with Gasteiger partial charge in [0.15, 0.2) is 0 Å². The molecule has 0 aromatic heterocycles. The predicted molar refractivity (Wildman–Crippen MR) is 188 cm³/mol. The van der Waals surface area contributed by atoms with Crippen molar-refractivity contribution in [3.05, 3.63) is 128 Å². The number of aliphatic imine (C=N–C) groups is 1. The Morgan fingerprint density at radius 2 is 1.09 bits per heavy atom. The highest BCUT2D eigenvalue weighted by atomic mass is 16.5. The molecule has 0 amide bonds. The van der Waals surface area contributed by atoms with Crippen molar-refractivity contribution in [2.75, 3.05) is 18.8 Å². The Morgan fingerprint density at radius 3 is 1.54 bits per heavy atom. The first-order chi connectivity index (χ1) is 21.9. The van der Waals surface area contributed by atoms with E-state index in [1.807, 2.05) is 109 Å². The maximum absolute atomic E-state index is 12.5. The number of aryl methyl sites for hydroxylation is 6.